The highest BCUT2D eigenvalue weighted by atomic mass is 19.1. The number of ether oxygens (including phenoxy) is 1. The second-order valence-electron chi connectivity index (χ2n) is 10.5. The quantitative estimate of drug-likeness (QED) is 0.733. The summed E-state index contributed by atoms with van der Waals surface area (Å²) in [7, 11) is 0. The fraction of sp³-hybridized carbons (Fsp3) is 0.720. The first-order valence-electron chi connectivity index (χ1n) is 12.1. The van der Waals surface area contributed by atoms with Crippen LogP contribution in [0.3, 0.4) is 0 Å². The van der Waals surface area contributed by atoms with E-state index in [1.807, 2.05) is 0 Å². The van der Waals surface area contributed by atoms with Gasteiger partial charge in [0, 0.05) is 35.5 Å². The van der Waals surface area contributed by atoms with E-state index in [1.54, 1.807) is 12.1 Å². The largest absolute Gasteiger partial charge is 0.492 e. The van der Waals surface area contributed by atoms with Gasteiger partial charge in [0.2, 0.25) is 5.91 Å². The lowest BCUT2D eigenvalue weighted by molar-refractivity contribution is -0.143. The number of likely N-dealkylation sites (tertiary alicyclic amines) is 2. The Morgan fingerprint density at radius 1 is 1.07 bits per heavy atom. The zero-order valence-electron chi connectivity index (χ0n) is 17.8. The Bertz CT molecular complexity index is 830. The molecule has 2 saturated heterocycles. The number of benzene rings is 1. The molecule has 0 N–H and O–H groups in total. The minimum Gasteiger partial charge on any atom is -0.492 e. The van der Waals surface area contributed by atoms with Gasteiger partial charge in [-0.2, -0.15) is 0 Å². The molecule has 1 spiro atoms. The first kappa shape index (κ1) is 19.1. The highest BCUT2D eigenvalue weighted by Crippen LogP contribution is 2.48. The minimum absolute atomic E-state index is 0.00841. The maximum absolute atomic E-state index is 13.9. The van der Waals surface area contributed by atoms with E-state index in [0.717, 1.165) is 63.1 Å². The number of halogens is 1. The molecule has 30 heavy (non-hydrogen) atoms. The van der Waals surface area contributed by atoms with Crippen LogP contribution in [0.2, 0.25) is 0 Å². The normalized spacial score (nSPS) is 33.1. The average Bonchev–Trinajstić information content (AvgIpc) is 3.29. The van der Waals surface area contributed by atoms with Crippen LogP contribution in [-0.4, -0.2) is 54.0 Å². The Morgan fingerprint density at radius 3 is 2.67 bits per heavy atom. The van der Waals surface area contributed by atoms with Crippen molar-refractivity contribution in [1.29, 1.82) is 0 Å². The van der Waals surface area contributed by atoms with Gasteiger partial charge >= 0.3 is 0 Å². The van der Waals surface area contributed by atoms with E-state index < -0.39 is 0 Å². The van der Waals surface area contributed by atoms with Crippen molar-refractivity contribution in [3.8, 4) is 5.75 Å². The summed E-state index contributed by atoms with van der Waals surface area (Å²) in [5.74, 6) is 2.18. The summed E-state index contributed by atoms with van der Waals surface area (Å²) in [6, 6.07) is 6.07. The number of amides is 1. The summed E-state index contributed by atoms with van der Waals surface area (Å²) in [6.07, 6.45) is 10.4. The van der Waals surface area contributed by atoms with E-state index >= 15 is 0 Å². The molecule has 1 amide bonds. The predicted molar refractivity (Wildman–Crippen MR) is 113 cm³/mol. The molecule has 1 aromatic carbocycles. The van der Waals surface area contributed by atoms with E-state index in [4.69, 9.17) is 4.74 Å². The van der Waals surface area contributed by atoms with E-state index in [-0.39, 0.29) is 11.2 Å². The summed E-state index contributed by atoms with van der Waals surface area (Å²) >= 11 is 0. The van der Waals surface area contributed by atoms with Crippen LogP contribution in [0, 0.1) is 17.7 Å². The summed E-state index contributed by atoms with van der Waals surface area (Å²) in [5, 5.41) is 0. The Morgan fingerprint density at radius 2 is 1.90 bits per heavy atom. The molecular formula is C25H33FN2O2. The molecule has 3 heterocycles. The van der Waals surface area contributed by atoms with Crippen LogP contribution < -0.4 is 4.74 Å². The van der Waals surface area contributed by atoms with Gasteiger partial charge in [-0.05, 0) is 88.6 Å². The van der Waals surface area contributed by atoms with Gasteiger partial charge in [0.15, 0.2) is 0 Å². The smallest absolute Gasteiger partial charge is 0.225 e. The number of nitrogens with zero attached hydrogens (tertiary/aromatic N) is 2. The Kier molecular flexibility index (Phi) is 4.59. The van der Waals surface area contributed by atoms with Crippen molar-refractivity contribution in [2.75, 3.05) is 26.2 Å². The van der Waals surface area contributed by atoms with Gasteiger partial charge in [-0.3, -0.25) is 4.79 Å². The number of fused-ring (bicyclic) bond motifs is 3. The van der Waals surface area contributed by atoms with Gasteiger partial charge in [-0.1, -0.05) is 6.42 Å². The molecule has 3 atom stereocenters. The molecule has 0 radical (unpaired) electrons. The fourth-order valence-corrected chi connectivity index (χ4v) is 6.98. The van der Waals surface area contributed by atoms with E-state index in [1.165, 1.54) is 31.7 Å². The molecule has 3 aliphatic heterocycles. The van der Waals surface area contributed by atoms with Crippen LogP contribution in [0.4, 0.5) is 4.39 Å². The van der Waals surface area contributed by atoms with Crippen LogP contribution in [0.15, 0.2) is 18.2 Å². The topological polar surface area (TPSA) is 32.8 Å². The van der Waals surface area contributed by atoms with Crippen molar-refractivity contribution >= 4 is 5.91 Å². The predicted octanol–water partition coefficient (Wildman–Crippen LogP) is 4.12. The summed E-state index contributed by atoms with van der Waals surface area (Å²) in [6.45, 7) is 3.78. The van der Waals surface area contributed by atoms with Gasteiger partial charge in [-0.15, -0.1) is 0 Å². The van der Waals surface area contributed by atoms with Crippen LogP contribution in [0.25, 0.3) is 0 Å². The van der Waals surface area contributed by atoms with Crippen LogP contribution in [0.1, 0.15) is 63.4 Å². The minimum atomic E-state index is -0.155. The Labute approximate surface area is 178 Å². The highest BCUT2D eigenvalue weighted by Gasteiger charge is 2.48. The zero-order chi connectivity index (χ0) is 20.3. The molecule has 4 fully saturated rings. The molecule has 6 rings (SSSR count). The van der Waals surface area contributed by atoms with Gasteiger partial charge < -0.3 is 14.5 Å². The second-order valence-corrected chi connectivity index (χ2v) is 10.5. The maximum Gasteiger partial charge on any atom is 0.225 e. The summed E-state index contributed by atoms with van der Waals surface area (Å²) < 4.78 is 19.8. The molecular weight excluding hydrogens is 379 g/mol. The third-order valence-corrected chi connectivity index (χ3v) is 9.03. The second kappa shape index (κ2) is 7.22. The molecule has 5 aliphatic rings. The number of hydrogen-bond acceptors (Lipinski definition) is 3. The van der Waals surface area contributed by atoms with Gasteiger partial charge in [0.25, 0.3) is 0 Å². The van der Waals surface area contributed by atoms with Crippen LogP contribution in [0.5, 0.6) is 5.75 Å². The van der Waals surface area contributed by atoms with Crippen molar-refractivity contribution in [1.82, 2.24) is 9.80 Å². The molecule has 5 heteroatoms. The first-order chi connectivity index (χ1) is 14.6. The summed E-state index contributed by atoms with van der Waals surface area (Å²) in [5.41, 5.74) is 1.07. The third kappa shape index (κ3) is 2.99. The molecule has 0 bridgehead atoms. The molecule has 3 unspecified atom stereocenters. The highest BCUT2D eigenvalue weighted by molar-refractivity contribution is 5.80. The van der Waals surface area contributed by atoms with E-state index in [0.29, 0.717) is 36.4 Å². The third-order valence-electron chi connectivity index (χ3n) is 9.03. The maximum atomic E-state index is 13.9. The van der Waals surface area contributed by atoms with Crippen LogP contribution >= 0.6 is 0 Å². The zero-order valence-corrected chi connectivity index (χ0v) is 17.8. The molecule has 2 saturated carbocycles. The fourth-order valence-electron chi connectivity index (χ4n) is 6.98. The summed E-state index contributed by atoms with van der Waals surface area (Å²) in [4.78, 5) is 17.9. The lowest BCUT2D eigenvalue weighted by atomic mass is 9.74. The van der Waals surface area contributed by atoms with Gasteiger partial charge in [0.05, 0.1) is 6.61 Å². The van der Waals surface area contributed by atoms with Crippen molar-refractivity contribution in [3.63, 3.8) is 0 Å². The number of carbonyl (C=O) groups is 1. The standard InChI is InChI=1S/C25H33FN2O2/c26-19-6-7-23-21(14-19)25(16-30-23)8-11-27(12-9-25)20-13-18-5-2-10-28(22(18)15-20)24(29)17-3-1-4-17/h6-7,14,17-18,20,22H,1-5,8-13,15-16H2. The number of rotatable bonds is 2. The van der Waals surface area contributed by atoms with E-state index in [2.05, 4.69) is 9.80 Å². The lowest BCUT2D eigenvalue weighted by Gasteiger charge is -2.42. The number of hydrogen-bond donors (Lipinski definition) is 0. The monoisotopic (exact) mass is 412 g/mol. The van der Waals surface area contributed by atoms with Crippen molar-refractivity contribution in [2.45, 2.75) is 75.3 Å². The first-order valence-corrected chi connectivity index (χ1v) is 12.1. The lowest BCUT2D eigenvalue weighted by Crippen LogP contribution is -2.50. The number of carbonyl (C=O) groups excluding carboxylic acids is 1. The SMILES string of the molecule is O=C(C1CCC1)N1CCCC2CC(N3CCC4(CC3)COc3ccc(F)cc34)CC21. The Hall–Kier alpha value is -1.62. The molecule has 4 nitrogen and oxygen atoms in total. The van der Waals surface area contributed by atoms with Crippen molar-refractivity contribution in [3.05, 3.63) is 29.6 Å². The van der Waals surface area contributed by atoms with Crippen LogP contribution in [-0.2, 0) is 10.2 Å². The van der Waals surface area contributed by atoms with Gasteiger partial charge in [-0.25, -0.2) is 4.39 Å². The number of piperidine rings is 2. The molecule has 1 aromatic rings. The average molecular weight is 413 g/mol. The molecule has 2 aliphatic carbocycles. The van der Waals surface area contributed by atoms with E-state index in [9.17, 15) is 9.18 Å². The molecule has 162 valence electrons. The Balaban J connectivity index is 1.13. The van der Waals surface area contributed by atoms with Crippen molar-refractivity contribution < 1.29 is 13.9 Å². The molecule has 0 aromatic heterocycles. The van der Waals surface area contributed by atoms with Crippen molar-refractivity contribution in [2.24, 2.45) is 11.8 Å². The van der Waals surface area contributed by atoms with Gasteiger partial charge in [0.1, 0.15) is 11.6 Å².